The average molecular weight is 434 g/mol. The molecule has 0 saturated carbocycles. The van der Waals surface area contributed by atoms with Gasteiger partial charge in [-0.05, 0) is 71.3 Å². The van der Waals surface area contributed by atoms with Gasteiger partial charge in [-0.2, -0.15) is 0 Å². The maximum Gasteiger partial charge on any atom is 0.200 e. The first-order valence-corrected chi connectivity index (χ1v) is 9.34. The third kappa shape index (κ3) is 3.29. The molecule has 0 unspecified atom stereocenters. The van der Waals surface area contributed by atoms with Crippen LogP contribution in [-0.2, 0) is 0 Å². The van der Waals surface area contributed by atoms with Crippen LogP contribution in [0.25, 0.3) is 33.4 Å². The molecule has 0 heterocycles. The van der Waals surface area contributed by atoms with E-state index in [-0.39, 0.29) is 33.8 Å². The molecule has 0 spiro atoms. The Hall–Kier alpha value is -4.72. The van der Waals surface area contributed by atoms with E-state index >= 15 is 0 Å². The first kappa shape index (κ1) is 20.5. The Morgan fingerprint density at radius 2 is 0.781 bits per heavy atom. The van der Waals surface area contributed by atoms with Crippen molar-refractivity contribution in [1.29, 1.82) is 0 Å². The molecule has 8 N–H and O–H groups in total. The van der Waals surface area contributed by atoms with E-state index in [9.17, 15) is 40.9 Å². The molecule has 0 radical (unpaired) electrons. The fourth-order valence-corrected chi connectivity index (χ4v) is 3.51. The van der Waals surface area contributed by atoms with Crippen LogP contribution in [0.15, 0.2) is 60.7 Å². The fourth-order valence-electron chi connectivity index (χ4n) is 3.51. The summed E-state index contributed by atoms with van der Waals surface area (Å²) < 4.78 is 0. The number of hydrogen-bond acceptors (Lipinski definition) is 8. The van der Waals surface area contributed by atoms with E-state index in [0.717, 1.165) is 0 Å². The Labute approximate surface area is 181 Å². The molecule has 0 saturated heterocycles. The summed E-state index contributed by atoms with van der Waals surface area (Å²) in [4.78, 5) is 0. The van der Waals surface area contributed by atoms with Crippen LogP contribution in [0.3, 0.4) is 0 Å². The first-order valence-electron chi connectivity index (χ1n) is 9.34. The summed E-state index contributed by atoms with van der Waals surface area (Å²) in [5.41, 5.74) is 1.16. The van der Waals surface area contributed by atoms with E-state index in [4.69, 9.17) is 0 Å². The standard InChI is InChI=1S/C24H18O8/c25-16-2-1-3-17(26)20(16)13-9-11(14-4-6-18(27)23(31)21(14)29)8-12(10-13)15-5-7-19(28)24(32)22(15)30/h1-10,25-32H. The second-order valence-electron chi connectivity index (χ2n) is 7.13. The van der Waals surface area contributed by atoms with Crippen LogP contribution >= 0.6 is 0 Å². The normalized spacial score (nSPS) is 10.9. The van der Waals surface area contributed by atoms with Gasteiger partial charge < -0.3 is 40.9 Å². The zero-order chi connectivity index (χ0) is 23.2. The minimum atomic E-state index is -0.731. The molecule has 0 aliphatic rings. The molecule has 0 aliphatic heterocycles. The van der Waals surface area contributed by atoms with Gasteiger partial charge >= 0.3 is 0 Å². The zero-order valence-corrected chi connectivity index (χ0v) is 16.4. The van der Waals surface area contributed by atoms with Crippen LogP contribution in [-0.4, -0.2) is 40.9 Å². The van der Waals surface area contributed by atoms with E-state index in [2.05, 4.69) is 0 Å². The van der Waals surface area contributed by atoms with Gasteiger partial charge in [-0.25, -0.2) is 0 Å². The van der Waals surface area contributed by atoms with Crippen LogP contribution < -0.4 is 0 Å². The van der Waals surface area contributed by atoms with Crippen LogP contribution in [0, 0.1) is 0 Å². The summed E-state index contributed by atoms with van der Waals surface area (Å²) in [6.45, 7) is 0. The molecule has 0 bridgehead atoms. The largest absolute Gasteiger partial charge is 0.507 e. The van der Waals surface area contributed by atoms with Crippen molar-refractivity contribution in [2.24, 2.45) is 0 Å². The van der Waals surface area contributed by atoms with Crippen molar-refractivity contribution in [3.05, 3.63) is 60.7 Å². The molecule has 0 atom stereocenters. The SMILES string of the molecule is Oc1ccc(-c2cc(-c3ccc(O)c(O)c3O)cc(-c3c(O)cccc3O)c2)c(O)c1O. The predicted molar refractivity (Wildman–Crippen MR) is 116 cm³/mol. The number of hydrogen-bond donors (Lipinski definition) is 8. The van der Waals surface area contributed by atoms with Gasteiger partial charge in [0.25, 0.3) is 0 Å². The highest BCUT2D eigenvalue weighted by molar-refractivity contribution is 5.89. The average Bonchev–Trinajstić information content (AvgIpc) is 2.76. The lowest BCUT2D eigenvalue weighted by atomic mass is 9.91. The minimum absolute atomic E-state index is 0.0700. The lowest BCUT2D eigenvalue weighted by molar-refractivity contribution is 0.369. The maximum absolute atomic E-state index is 10.4. The lowest BCUT2D eigenvalue weighted by Gasteiger charge is -2.15. The van der Waals surface area contributed by atoms with Gasteiger partial charge in [-0.3, -0.25) is 0 Å². The molecule has 4 rings (SSSR count). The Kier molecular flexibility index (Phi) is 4.82. The van der Waals surface area contributed by atoms with Crippen molar-refractivity contribution in [1.82, 2.24) is 0 Å². The molecule has 0 aromatic heterocycles. The van der Waals surface area contributed by atoms with E-state index in [1.807, 2.05) is 0 Å². The number of aromatic hydroxyl groups is 8. The summed E-state index contributed by atoms with van der Waals surface area (Å²) in [5, 5.41) is 80.6. The highest BCUT2D eigenvalue weighted by Gasteiger charge is 2.19. The number of phenolic OH excluding ortho intramolecular Hbond substituents is 8. The van der Waals surface area contributed by atoms with Crippen LogP contribution in [0.2, 0.25) is 0 Å². The van der Waals surface area contributed by atoms with Gasteiger partial charge in [0.05, 0.1) is 5.56 Å². The Morgan fingerprint density at radius 1 is 0.375 bits per heavy atom. The molecule has 0 amide bonds. The van der Waals surface area contributed by atoms with Gasteiger partial charge in [0.15, 0.2) is 23.0 Å². The molecular weight excluding hydrogens is 416 g/mol. The molecule has 8 heteroatoms. The van der Waals surface area contributed by atoms with Crippen molar-refractivity contribution >= 4 is 0 Å². The third-order valence-corrected chi connectivity index (χ3v) is 5.12. The fraction of sp³-hybridized carbons (Fsp3) is 0. The van der Waals surface area contributed by atoms with Gasteiger partial charge in [0, 0.05) is 11.1 Å². The summed E-state index contributed by atoms with van der Waals surface area (Å²) in [6.07, 6.45) is 0. The van der Waals surface area contributed by atoms with Crippen molar-refractivity contribution in [2.75, 3.05) is 0 Å². The van der Waals surface area contributed by atoms with Crippen LogP contribution in [0.1, 0.15) is 0 Å². The molecule has 0 fully saturated rings. The lowest BCUT2D eigenvalue weighted by Crippen LogP contribution is -1.89. The molecular formula is C24H18O8. The minimum Gasteiger partial charge on any atom is -0.507 e. The second kappa shape index (κ2) is 7.51. The summed E-state index contributed by atoms with van der Waals surface area (Å²) in [5.74, 6) is -4.19. The molecule has 8 nitrogen and oxygen atoms in total. The van der Waals surface area contributed by atoms with E-state index in [0.29, 0.717) is 11.1 Å². The third-order valence-electron chi connectivity index (χ3n) is 5.12. The van der Waals surface area contributed by atoms with Crippen molar-refractivity contribution in [3.63, 3.8) is 0 Å². The van der Waals surface area contributed by atoms with E-state index in [1.54, 1.807) is 0 Å². The summed E-state index contributed by atoms with van der Waals surface area (Å²) in [6, 6.07) is 13.8. The summed E-state index contributed by atoms with van der Waals surface area (Å²) in [7, 11) is 0. The number of rotatable bonds is 3. The number of phenols is 8. The van der Waals surface area contributed by atoms with Crippen molar-refractivity contribution in [3.8, 4) is 79.4 Å². The van der Waals surface area contributed by atoms with Gasteiger partial charge in [0.2, 0.25) is 11.5 Å². The summed E-state index contributed by atoms with van der Waals surface area (Å²) >= 11 is 0. The molecule has 4 aromatic carbocycles. The maximum atomic E-state index is 10.4. The molecule has 4 aromatic rings. The van der Waals surface area contributed by atoms with Crippen LogP contribution in [0.4, 0.5) is 0 Å². The predicted octanol–water partition coefficient (Wildman–Crippen LogP) is 4.33. The Bertz CT molecular complexity index is 1260. The smallest absolute Gasteiger partial charge is 0.200 e. The highest BCUT2D eigenvalue weighted by atomic mass is 16.3. The van der Waals surface area contributed by atoms with Crippen molar-refractivity contribution < 1.29 is 40.9 Å². The van der Waals surface area contributed by atoms with Crippen LogP contribution in [0.5, 0.6) is 46.0 Å². The quantitative estimate of drug-likeness (QED) is 0.221. The molecule has 0 aliphatic carbocycles. The Balaban J connectivity index is 2.05. The van der Waals surface area contributed by atoms with Crippen molar-refractivity contribution in [2.45, 2.75) is 0 Å². The number of benzene rings is 4. The Morgan fingerprint density at radius 3 is 1.22 bits per heavy atom. The molecule has 162 valence electrons. The van der Waals surface area contributed by atoms with E-state index < -0.39 is 34.5 Å². The van der Waals surface area contributed by atoms with Gasteiger partial charge in [0.1, 0.15) is 11.5 Å². The first-order chi connectivity index (χ1) is 15.2. The van der Waals surface area contributed by atoms with Gasteiger partial charge in [-0.15, -0.1) is 0 Å². The second-order valence-corrected chi connectivity index (χ2v) is 7.13. The molecule has 32 heavy (non-hydrogen) atoms. The van der Waals surface area contributed by atoms with E-state index in [1.165, 1.54) is 60.7 Å². The zero-order valence-electron chi connectivity index (χ0n) is 16.4. The topological polar surface area (TPSA) is 162 Å². The van der Waals surface area contributed by atoms with Gasteiger partial charge in [-0.1, -0.05) is 6.07 Å². The highest BCUT2D eigenvalue weighted by Crippen LogP contribution is 2.48. The monoisotopic (exact) mass is 434 g/mol.